The van der Waals surface area contributed by atoms with Crippen molar-refractivity contribution in [2.24, 2.45) is 0 Å². The number of methoxy groups -OCH3 is 1. The molecule has 1 fully saturated rings. The first-order chi connectivity index (χ1) is 17.1. The third kappa shape index (κ3) is 5.92. The van der Waals surface area contributed by atoms with Crippen LogP contribution in [0.1, 0.15) is 31.1 Å². The van der Waals surface area contributed by atoms with E-state index in [-0.39, 0.29) is 6.61 Å². The lowest BCUT2D eigenvalue weighted by molar-refractivity contribution is -0.141. The predicted octanol–water partition coefficient (Wildman–Crippen LogP) is 3.67. The second-order valence-corrected chi connectivity index (χ2v) is 7.72. The van der Waals surface area contributed by atoms with Gasteiger partial charge in [0.2, 0.25) is 6.29 Å². The fourth-order valence-corrected chi connectivity index (χ4v) is 3.66. The maximum absolute atomic E-state index is 12.8. The molecule has 8 nitrogen and oxygen atoms in total. The van der Waals surface area contributed by atoms with Crippen LogP contribution in [-0.4, -0.2) is 56.2 Å². The van der Waals surface area contributed by atoms with Crippen molar-refractivity contribution in [2.45, 2.75) is 24.6 Å². The van der Waals surface area contributed by atoms with Gasteiger partial charge in [-0.15, -0.1) is 0 Å². The molecule has 1 heterocycles. The quantitative estimate of drug-likeness (QED) is 0.359. The van der Waals surface area contributed by atoms with Gasteiger partial charge in [-0.2, -0.15) is 0 Å². The van der Waals surface area contributed by atoms with Gasteiger partial charge in [0.15, 0.2) is 6.10 Å². The van der Waals surface area contributed by atoms with Crippen molar-refractivity contribution in [3.05, 3.63) is 108 Å². The van der Waals surface area contributed by atoms with E-state index in [2.05, 4.69) is 0 Å². The summed E-state index contributed by atoms with van der Waals surface area (Å²) in [6.45, 7) is -0.203. The minimum atomic E-state index is -1.28. The Morgan fingerprint density at radius 3 is 1.60 bits per heavy atom. The van der Waals surface area contributed by atoms with Crippen LogP contribution in [0.5, 0.6) is 0 Å². The molecule has 8 heteroatoms. The summed E-state index contributed by atoms with van der Waals surface area (Å²) in [6.07, 6.45) is -4.09. The van der Waals surface area contributed by atoms with E-state index < -0.39 is 42.5 Å². The standard InChI is InChI=1S/C27H24O8/c1-31-22-21(17-32-24(28)18-11-5-2-6-12-18)33-27(35-26(30)20-15-9-4-10-16-20)23(22)34-25(29)19-13-7-3-8-14-19/h2-16,21-23,27H,17H2,1H3/t21?,22?,23-,27?/m1/s1. The zero-order valence-corrected chi connectivity index (χ0v) is 18.9. The molecule has 4 atom stereocenters. The topological polar surface area (TPSA) is 97.4 Å². The highest BCUT2D eigenvalue weighted by Crippen LogP contribution is 2.29. The SMILES string of the molecule is COC1C(COC(=O)c2ccccc2)OC(OC(=O)c2ccccc2)[C@@H]1OC(=O)c1ccccc1. The van der Waals surface area contributed by atoms with Crippen LogP contribution in [0.4, 0.5) is 0 Å². The first-order valence-electron chi connectivity index (χ1n) is 11.0. The van der Waals surface area contributed by atoms with Crippen molar-refractivity contribution in [2.75, 3.05) is 13.7 Å². The minimum Gasteiger partial charge on any atom is -0.459 e. The van der Waals surface area contributed by atoms with Gasteiger partial charge in [-0.3, -0.25) is 0 Å². The highest BCUT2D eigenvalue weighted by atomic mass is 16.7. The normalized spacial score (nSPS) is 21.2. The van der Waals surface area contributed by atoms with Gasteiger partial charge in [-0.05, 0) is 36.4 Å². The van der Waals surface area contributed by atoms with Crippen molar-refractivity contribution in [1.29, 1.82) is 0 Å². The second-order valence-electron chi connectivity index (χ2n) is 7.72. The summed E-state index contributed by atoms with van der Waals surface area (Å²) >= 11 is 0. The first-order valence-corrected chi connectivity index (χ1v) is 11.0. The zero-order valence-electron chi connectivity index (χ0n) is 18.9. The molecule has 1 aliphatic rings. The highest BCUT2D eigenvalue weighted by Gasteiger charge is 2.50. The number of benzene rings is 3. The molecule has 0 spiro atoms. The van der Waals surface area contributed by atoms with E-state index in [4.69, 9.17) is 23.7 Å². The Balaban J connectivity index is 1.51. The minimum absolute atomic E-state index is 0.203. The number of ether oxygens (including phenoxy) is 5. The van der Waals surface area contributed by atoms with Crippen LogP contribution < -0.4 is 0 Å². The molecule has 3 aromatic rings. The van der Waals surface area contributed by atoms with Crippen molar-refractivity contribution in [3.63, 3.8) is 0 Å². The van der Waals surface area contributed by atoms with Crippen LogP contribution in [0.25, 0.3) is 0 Å². The number of hydrogen-bond acceptors (Lipinski definition) is 8. The largest absolute Gasteiger partial charge is 0.459 e. The van der Waals surface area contributed by atoms with Crippen LogP contribution >= 0.6 is 0 Å². The van der Waals surface area contributed by atoms with Crippen LogP contribution in [-0.2, 0) is 23.7 Å². The van der Waals surface area contributed by atoms with Gasteiger partial charge in [0.05, 0.1) is 16.7 Å². The highest BCUT2D eigenvalue weighted by molar-refractivity contribution is 5.90. The number of esters is 3. The Bertz CT molecular complexity index is 1130. The molecule has 0 aliphatic carbocycles. The average molecular weight is 476 g/mol. The van der Waals surface area contributed by atoms with E-state index >= 15 is 0 Å². The summed E-state index contributed by atoms with van der Waals surface area (Å²) in [6, 6.07) is 25.2. The molecule has 180 valence electrons. The number of carbonyl (C=O) groups excluding carboxylic acids is 3. The number of hydrogen-bond donors (Lipinski definition) is 0. The maximum atomic E-state index is 12.8. The Morgan fingerprint density at radius 2 is 1.11 bits per heavy atom. The third-order valence-electron chi connectivity index (χ3n) is 5.41. The van der Waals surface area contributed by atoms with Gasteiger partial charge in [0, 0.05) is 7.11 Å². The molecule has 0 aromatic heterocycles. The van der Waals surface area contributed by atoms with E-state index in [1.165, 1.54) is 7.11 Å². The summed E-state index contributed by atoms with van der Waals surface area (Å²) in [4.78, 5) is 37.8. The Hall–Kier alpha value is -4.01. The molecule has 1 saturated heterocycles. The molecule has 3 aromatic carbocycles. The van der Waals surface area contributed by atoms with Gasteiger partial charge in [-0.1, -0.05) is 54.6 Å². The Kier molecular flexibility index (Phi) is 7.87. The summed E-state index contributed by atoms with van der Waals surface area (Å²) in [5.41, 5.74) is 0.991. The van der Waals surface area contributed by atoms with E-state index in [1.54, 1.807) is 91.0 Å². The monoisotopic (exact) mass is 476 g/mol. The van der Waals surface area contributed by atoms with Crippen LogP contribution in [0.3, 0.4) is 0 Å². The average Bonchev–Trinajstić information content (AvgIpc) is 3.24. The lowest BCUT2D eigenvalue weighted by Crippen LogP contribution is -2.41. The molecule has 0 radical (unpaired) electrons. The van der Waals surface area contributed by atoms with Gasteiger partial charge in [-0.25, -0.2) is 14.4 Å². The molecular formula is C27H24O8. The molecule has 0 saturated carbocycles. The number of carbonyl (C=O) groups is 3. The predicted molar refractivity (Wildman–Crippen MR) is 124 cm³/mol. The smallest absolute Gasteiger partial charge is 0.340 e. The fraction of sp³-hybridized carbons (Fsp3) is 0.222. The molecule has 0 bridgehead atoms. The second kappa shape index (κ2) is 11.4. The van der Waals surface area contributed by atoms with E-state index in [0.29, 0.717) is 16.7 Å². The first kappa shape index (κ1) is 24.1. The summed E-state index contributed by atoms with van der Waals surface area (Å²) in [7, 11) is 1.41. The third-order valence-corrected chi connectivity index (χ3v) is 5.41. The maximum Gasteiger partial charge on any atom is 0.340 e. The summed E-state index contributed by atoms with van der Waals surface area (Å²) < 4.78 is 28.0. The molecule has 4 rings (SSSR count). The molecule has 3 unspecified atom stereocenters. The fourth-order valence-electron chi connectivity index (χ4n) is 3.66. The van der Waals surface area contributed by atoms with Gasteiger partial charge >= 0.3 is 17.9 Å². The van der Waals surface area contributed by atoms with Crippen molar-refractivity contribution < 1.29 is 38.1 Å². The Morgan fingerprint density at radius 1 is 0.657 bits per heavy atom. The molecule has 1 aliphatic heterocycles. The lowest BCUT2D eigenvalue weighted by Gasteiger charge is -2.23. The van der Waals surface area contributed by atoms with Gasteiger partial charge in [0.25, 0.3) is 0 Å². The Labute approximate surface area is 202 Å². The molecule has 0 N–H and O–H groups in total. The van der Waals surface area contributed by atoms with Gasteiger partial charge < -0.3 is 23.7 Å². The summed E-state index contributed by atoms with van der Waals surface area (Å²) in [5.74, 6) is -1.84. The molecule has 35 heavy (non-hydrogen) atoms. The van der Waals surface area contributed by atoms with Crippen LogP contribution in [0.2, 0.25) is 0 Å². The van der Waals surface area contributed by atoms with Crippen molar-refractivity contribution in [3.8, 4) is 0 Å². The molecular weight excluding hydrogens is 452 g/mol. The lowest BCUT2D eigenvalue weighted by atomic mass is 10.1. The summed E-state index contributed by atoms with van der Waals surface area (Å²) in [5, 5.41) is 0. The van der Waals surface area contributed by atoms with E-state index in [1.807, 2.05) is 0 Å². The number of rotatable bonds is 8. The van der Waals surface area contributed by atoms with Crippen molar-refractivity contribution >= 4 is 17.9 Å². The zero-order chi connectivity index (χ0) is 24.6. The van der Waals surface area contributed by atoms with Crippen LogP contribution in [0.15, 0.2) is 91.0 Å². The van der Waals surface area contributed by atoms with Gasteiger partial charge in [0.1, 0.15) is 18.8 Å². The van der Waals surface area contributed by atoms with Crippen molar-refractivity contribution in [1.82, 2.24) is 0 Å². The molecule has 0 amide bonds. The van der Waals surface area contributed by atoms with E-state index in [0.717, 1.165) is 0 Å². The van der Waals surface area contributed by atoms with Crippen LogP contribution in [0, 0.1) is 0 Å². The van der Waals surface area contributed by atoms with E-state index in [9.17, 15) is 14.4 Å².